The van der Waals surface area contributed by atoms with Crippen molar-refractivity contribution in [1.82, 2.24) is 0 Å². The summed E-state index contributed by atoms with van der Waals surface area (Å²) in [6, 6.07) is 11.2. The maximum atomic E-state index is 12.0. The van der Waals surface area contributed by atoms with Gasteiger partial charge in [0.1, 0.15) is 0 Å². The van der Waals surface area contributed by atoms with Gasteiger partial charge in [0.05, 0.1) is 6.54 Å². The molecule has 0 fully saturated rings. The average molecular weight is 363 g/mol. The summed E-state index contributed by atoms with van der Waals surface area (Å²) in [7, 11) is 0. The van der Waals surface area contributed by atoms with Gasteiger partial charge in [0.2, 0.25) is 12.7 Å². The van der Waals surface area contributed by atoms with Crippen molar-refractivity contribution in [3.8, 4) is 11.5 Å². The quantitative estimate of drug-likeness (QED) is 0.873. The minimum absolute atomic E-state index is 0.124. The molecule has 5 nitrogen and oxygen atoms in total. The minimum Gasteiger partial charge on any atom is -0.454 e. The van der Waals surface area contributed by atoms with Crippen LogP contribution in [0.2, 0.25) is 0 Å². The van der Waals surface area contributed by atoms with Gasteiger partial charge in [0.25, 0.3) is 0 Å². The van der Waals surface area contributed by atoms with Crippen LogP contribution in [0.25, 0.3) is 0 Å². The molecule has 2 aromatic rings. The van der Waals surface area contributed by atoms with Crippen LogP contribution < -0.4 is 20.1 Å². The van der Waals surface area contributed by atoms with Gasteiger partial charge in [0, 0.05) is 21.9 Å². The molecule has 1 amide bonds. The van der Waals surface area contributed by atoms with Gasteiger partial charge in [-0.05, 0) is 42.8 Å². The summed E-state index contributed by atoms with van der Waals surface area (Å²) in [5.41, 5.74) is 2.69. The number of halogens is 1. The van der Waals surface area contributed by atoms with Crippen molar-refractivity contribution in [1.29, 1.82) is 0 Å². The molecule has 1 aliphatic heterocycles. The lowest BCUT2D eigenvalue weighted by Crippen LogP contribution is -2.22. The largest absolute Gasteiger partial charge is 0.454 e. The number of fused-ring (bicyclic) bond motifs is 1. The molecule has 6 heteroatoms. The Labute approximate surface area is 136 Å². The number of carbonyl (C=O) groups excluding carboxylic acids is 1. The maximum absolute atomic E-state index is 12.0. The Balaban J connectivity index is 1.58. The highest BCUT2D eigenvalue weighted by Gasteiger charge is 2.14. The molecule has 0 aromatic heterocycles. The maximum Gasteiger partial charge on any atom is 0.243 e. The molecular formula is C16H15BrN2O3. The molecule has 3 rings (SSSR count). The van der Waals surface area contributed by atoms with Gasteiger partial charge in [-0.25, -0.2) is 0 Å². The molecule has 0 radical (unpaired) electrons. The summed E-state index contributed by atoms with van der Waals surface area (Å²) >= 11 is 3.42. The summed E-state index contributed by atoms with van der Waals surface area (Å²) in [6.07, 6.45) is 0. The van der Waals surface area contributed by atoms with Gasteiger partial charge in [-0.15, -0.1) is 0 Å². The molecule has 0 bridgehead atoms. The molecule has 0 aliphatic carbocycles. The number of aryl methyl sites for hydroxylation is 1. The number of anilines is 2. The topological polar surface area (TPSA) is 59.6 Å². The first-order valence-electron chi connectivity index (χ1n) is 6.81. The normalized spacial score (nSPS) is 12.1. The number of hydrogen-bond donors (Lipinski definition) is 2. The van der Waals surface area contributed by atoms with Crippen LogP contribution in [0.3, 0.4) is 0 Å². The first-order chi connectivity index (χ1) is 10.6. The summed E-state index contributed by atoms with van der Waals surface area (Å²) in [4.78, 5) is 12.0. The van der Waals surface area contributed by atoms with E-state index < -0.39 is 0 Å². The predicted molar refractivity (Wildman–Crippen MR) is 88.6 cm³/mol. The number of amides is 1. The fourth-order valence-corrected chi connectivity index (χ4v) is 2.66. The fraction of sp³-hybridized carbons (Fsp3) is 0.188. The molecule has 0 spiro atoms. The van der Waals surface area contributed by atoms with E-state index in [4.69, 9.17) is 9.47 Å². The number of carbonyl (C=O) groups is 1. The zero-order valence-corrected chi connectivity index (χ0v) is 13.6. The van der Waals surface area contributed by atoms with Crippen LogP contribution >= 0.6 is 15.9 Å². The monoisotopic (exact) mass is 362 g/mol. The number of rotatable bonds is 4. The molecule has 1 aliphatic rings. The molecule has 0 saturated heterocycles. The number of benzene rings is 2. The van der Waals surface area contributed by atoms with Gasteiger partial charge in [0.15, 0.2) is 11.5 Å². The van der Waals surface area contributed by atoms with E-state index in [1.165, 1.54) is 0 Å². The van der Waals surface area contributed by atoms with E-state index in [1.54, 1.807) is 18.2 Å². The molecule has 1 heterocycles. The van der Waals surface area contributed by atoms with Crippen molar-refractivity contribution >= 4 is 33.2 Å². The zero-order valence-electron chi connectivity index (χ0n) is 12.0. The minimum atomic E-state index is -0.124. The van der Waals surface area contributed by atoms with E-state index in [9.17, 15) is 4.79 Å². The Morgan fingerprint density at radius 3 is 2.82 bits per heavy atom. The highest BCUT2D eigenvalue weighted by Crippen LogP contribution is 2.34. The van der Waals surface area contributed by atoms with Gasteiger partial charge in [-0.1, -0.05) is 15.9 Å². The van der Waals surface area contributed by atoms with Crippen molar-refractivity contribution in [2.45, 2.75) is 6.92 Å². The van der Waals surface area contributed by atoms with Crippen LogP contribution in [0, 0.1) is 6.92 Å². The Kier molecular flexibility index (Phi) is 4.20. The Bertz CT molecular complexity index is 719. The van der Waals surface area contributed by atoms with Crippen LogP contribution in [-0.2, 0) is 4.79 Å². The van der Waals surface area contributed by atoms with Crippen LogP contribution in [0.1, 0.15) is 5.56 Å². The molecule has 114 valence electrons. The lowest BCUT2D eigenvalue weighted by molar-refractivity contribution is -0.114. The number of ether oxygens (including phenoxy) is 2. The summed E-state index contributed by atoms with van der Waals surface area (Å²) in [6.45, 7) is 2.40. The predicted octanol–water partition coefficient (Wildman–Crippen LogP) is 3.54. The highest BCUT2D eigenvalue weighted by atomic mass is 79.9. The Morgan fingerprint density at radius 1 is 1.18 bits per heavy atom. The van der Waals surface area contributed by atoms with E-state index in [2.05, 4.69) is 26.6 Å². The van der Waals surface area contributed by atoms with Crippen LogP contribution in [0.4, 0.5) is 11.4 Å². The van der Waals surface area contributed by atoms with E-state index in [-0.39, 0.29) is 19.2 Å². The second-order valence-electron chi connectivity index (χ2n) is 4.93. The van der Waals surface area contributed by atoms with Gasteiger partial charge in [-0.3, -0.25) is 4.79 Å². The standard InChI is InChI=1S/C16H15BrN2O3/c1-10-6-11(17)2-4-13(10)18-8-16(20)19-12-3-5-14-15(7-12)22-9-21-14/h2-7,18H,8-9H2,1H3,(H,19,20). The van der Waals surface area contributed by atoms with Gasteiger partial charge in [-0.2, -0.15) is 0 Å². The van der Waals surface area contributed by atoms with Crippen LogP contribution in [-0.4, -0.2) is 19.2 Å². The number of hydrogen-bond acceptors (Lipinski definition) is 4. The second-order valence-corrected chi connectivity index (χ2v) is 5.84. The Hall–Kier alpha value is -2.21. The third-order valence-electron chi connectivity index (χ3n) is 3.28. The van der Waals surface area contributed by atoms with Crippen molar-refractivity contribution in [3.05, 3.63) is 46.4 Å². The smallest absolute Gasteiger partial charge is 0.243 e. The van der Waals surface area contributed by atoms with Gasteiger partial charge >= 0.3 is 0 Å². The summed E-state index contributed by atoms with van der Waals surface area (Å²) in [5, 5.41) is 5.95. The summed E-state index contributed by atoms with van der Waals surface area (Å²) in [5.74, 6) is 1.22. The molecule has 0 atom stereocenters. The second kappa shape index (κ2) is 6.27. The first kappa shape index (κ1) is 14.7. The van der Waals surface area contributed by atoms with E-state index >= 15 is 0 Å². The number of nitrogens with one attached hydrogen (secondary N) is 2. The van der Waals surface area contributed by atoms with Crippen molar-refractivity contribution in [2.75, 3.05) is 24.0 Å². The third-order valence-corrected chi connectivity index (χ3v) is 3.78. The van der Waals surface area contributed by atoms with Crippen LogP contribution in [0.5, 0.6) is 11.5 Å². The third kappa shape index (κ3) is 3.33. The highest BCUT2D eigenvalue weighted by molar-refractivity contribution is 9.10. The first-order valence-corrected chi connectivity index (χ1v) is 7.60. The van der Waals surface area contributed by atoms with E-state index in [0.29, 0.717) is 17.2 Å². The van der Waals surface area contributed by atoms with Crippen molar-refractivity contribution in [2.24, 2.45) is 0 Å². The molecule has 2 aromatic carbocycles. The molecule has 0 saturated carbocycles. The average Bonchev–Trinajstić information content (AvgIpc) is 2.94. The molecule has 2 N–H and O–H groups in total. The SMILES string of the molecule is Cc1cc(Br)ccc1NCC(=O)Nc1ccc2c(c1)OCO2. The zero-order chi connectivity index (χ0) is 15.5. The lowest BCUT2D eigenvalue weighted by Gasteiger charge is -2.10. The summed E-state index contributed by atoms with van der Waals surface area (Å²) < 4.78 is 11.5. The fourth-order valence-electron chi connectivity index (χ4n) is 2.18. The Morgan fingerprint density at radius 2 is 2.00 bits per heavy atom. The molecular weight excluding hydrogens is 348 g/mol. The lowest BCUT2D eigenvalue weighted by atomic mass is 10.2. The van der Waals surface area contributed by atoms with Crippen LogP contribution in [0.15, 0.2) is 40.9 Å². The molecule has 0 unspecified atom stereocenters. The van der Waals surface area contributed by atoms with Crippen molar-refractivity contribution in [3.63, 3.8) is 0 Å². The van der Waals surface area contributed by atoms with Gasteiger partial charge < -0.3 is 20.1 Å². The van der Waals surface area contributed by atoms with Crippen molar-refractivity contribution < 1.29 is 14.3 Å². The molecule has 22 heavy (non-hydrogen) atoms. The van der Waals surface area contributed by atoms with E-state index in [1.807, 2.05) is 25.1 Å². The van der Waals surface area contributed by atoms with E-state index in [0.717, 1.165) is 15.7 Å².